The number of nitrogens with zero attached hydrogens (tertiary/aromatic N) is 3. The Bertz CT molecular complexity index is 1660. The minimum Gasteiger partial charge on any atom is -0.370 e. The molecule has 1 saturated carbocycles. The summed E-state index contributed by atoms with van der Waals surface area (Å²) in [5.41, 5.74) is 2.98. The van der Waals surface area contributed by atoms with Gasteiger partial charge in [0, 0.05) is 36.5 Å². The molecule has 1 aliphatic carbocycles. The van der Waals surface area contributed by atoms with Crippen molar-refractivity contribution in [3.63, 3.8) is 0 Å². The number of hydrogen-bond acceptors (Lipinski definition) is 6. The fraction of sp³-hybridized carbons (Fsp3) is 0.394. The lowest BCUT2D eigenvalue weighted by Crippen LogP contribution is -2.40. The zero-order chi connectivity index (χ0) is 29.3. The Morgan fingerprint density at radius 3 is 2.64 bits per heavy atom. The third-order valence-corrected chi connectivity index (χ3v) is 8.49. The number of aromatic amines is 1. The van der Waals surface area contributed by atoms with E-state index in [1.807, 2.05) is 18.3 Å². The number of anilines is 4. The maximum absolute atomic E-state index is 15.4. The van der Waals surface area contributed by atoms with Crippen LogP contribution in [0.15, 0.2) is 59.7 Å². The summed E-state index contributed by atoms with van der Waals surface area (Å²) in [6.07, 6.45) is 10.7. The van der Waals surface area contributed by atoms with Gasteiger partial charge in [0.25, 0.3) is 5.56 Å². The van der Waals surface area contributed by atoms with E-state index in [1.54, 1.807) is 24.3 Å². The smallest absolute Gasteiger partial charge is 0.259 e. The van der Waals surface area contributed by atoms with Crippen LogP contribution in [0.2, 0.25) is 0 Å². The Labute approximate surface area is 244 Å². The van der Waals surface area contributed by atoms with Gasteiger partial charge in [-0.2, -0.15) is 0 Å². The number of piperidine rings is 1. The summed E-state index contributed by atoms with van der Waals surface area (Å²) >= 11 is 0. The molecule has 0 atom stereocenters. The molecule has 0 unspecified atom stereocenters. The second-order valence-electron chi connectivity index (χ2n) is 12.4. The van der Waals surface area contributed by atoms with Crippen molar-refractivity contribution in [2.75, 3.05) is 28.6 Å². The zero-order valence-corrected chi connectivity index (χ0v) is 24.2. The van der Waals surface area contributed by atoms with Gasteiger partial charge in [-0.3, -0.25) is 9.59 Å². The van der Waals surface area contributed by atoms with Crippen LogP contribution in [0.4, 0.5) is 27.3 Å². The van der Waals surface area contributed by atoms with Crippen LogP contribution in [0.5, 0.6) is 0 Å². The van der Waals surface area contributed by atoms with E-state index in [4.69, 9.17) is 0 Å². The van der Waals surface area contributed by atoms with Crippen LogP contribution in [0.1, 0.15) is 58.8 Å². The molecule has 4 heterocycles. The topological polar surface area (TPSA) is 103 Å². The predicted octanol–water partition coefficient (Wildman–Crippen LogP) is 7.01. The predicted molar refractivity (Wildman–Crippen MR) is 166 cm³/mol. The summed E-state index contributed by atoms with van der Waals surface area (Å²) in [7, 11) is 0. The molecule has 42 heavy (non-hydrogen) atoms. The molecule has 1 aromatic carbocycles. The Kier molecular flexibility index (Phi) is 7.66. The number of amides is 1. The number of carbonyl (C=O) groups is 1. The fourth-order valence-electron chi connectivity index (χ4n) is 6.27. The van der Waals surface area contributed by atoms with Crippen molar-refractivity contribution in [1.82, 2.24) is 15.0 Å². The number of H-pyrrole nitrogens is 1. The zero-order valence-electron chi connectivity index (χ0n) is 24.2. The molecular weight excluding hydrogens is 531 g/mol. The maximum atomic E-state index is 15.4. The van der Waals surface area contributed by atoms with Crippen molar-refractivity contribution in [3.8, 4) is 11.3 Å². The number of halogens is 1. The molecule has 0 spiro atoms. The quantitative estimate of drug-likeness (QED) is 0.231. The molecule has 218 valence electrons. The molecule has 2 fully saturated rings. The first-order valence-corrected chi connectivity index (χ1v) is 14.9. The molecule has 9 heteroatoms. The highest BCUT2D eigenvalue weighted by molar-refractivity contribution is 5.95. The van der Waals surface area contributed by atoms with Gasteiger partial charge in [0.05, 0.1) is 34.2 Å². The van der Waals surface area contributed by atoms with Crippen molar-refractivity contribution >= 4 is 39.7 Å². The number of rotatable bonds is 6. The number of aromatic nitrogens is 3. The molecule has 0 bridgehead atoms. The highest BCUT2D eigenvalue weighted by atomic mass is 19.1. The van der Waals surface area contributed by atoms with Crippen LogP contribution >= 0.6 is 0 Å². The normalized spacial score (nSPS) is 17.3. The van der Waals surface area contributed by atoms with Gasteiger partial charge in [0.2, 0.25) is 5.91 Å². The number of nitrogens with one attached hydrogen (secondary N) is 3. The standard InChI is InChI=1S/C33H37FN6O2/c1-33(2)14-6-16-40(20-33)23-10-12-29(36-19-23)39-28-18-27(38-26-13-15-35-32(42)30(26)28)24-11-9-22(17-25(24)34)37-31(41)21-7-4-3-5-8-21/h9-13,15,17-19,21H,3-8,14,16,20H2,1-2H3,(H,35,42)(H,37,41)(H,36,38,39). The molecule has 1 saturated heterocycles. The molecule has 1 aliphatic heterocycles. The minimum absolute atomic E-state index is 0.0234. The van der Waals surface area contributed by atoms with Gasteiger partial charge in [0.15, 0.2) is 0 Å². The number of carbonyl (C=O) groups excluding carboxylic acids is 1. The summed E-state index contributed by atoms with van der Waals surface area (Å²) in [5, 5.41) is 6.51. The molecule has 3 aromatic heterocycles. The summed E-state index contributed by atoms with van der Waals surface area (Å²) in [4.78, 5) is 39.8. The molecule has 4 aromatic rings. The van der Waals surface area contributed by atoms with E-state index in [2.05, 4.69) is 44.3 Å². The minimum atomic E-state index is -0.508. The lowest BCUT2D eigenvalue weighted by Gasteiger charge is -2.39. The van der Waals surface area contributed by atoms with Crippen LogP contribution in [0.3, 0.4) is 0 Å². The van der Waals surface area contributed by atoms with Crippen LogP contribution in [0.25, 0.3) is 22.2 Å². The van der Waals surface area contributed by atoms with E-state index in [0.29, 0.717) is 33.8 Å². The van der Waals surface area contributed by atoms with Crippen molar-refractivity contribution in [1.29, 1.82) is 0 Å². The number of hydrogen-bond donors (Lipinski definition) is 3. The lowest BCUT2D eigenvalue weighted by atomic mass is 9.84. The van der Waals surface area contributed by atoms with E-state index >= 15 is 4.39 Å². The molecule has 6 rings (SSSR count). The average molecular weight is 569 g/mol. The second kappa shape index (κ2) is 11.5. The van der Waals surface area contributed by atoms with Gasteiger partial charge in [-0.05, 0) is 73.6 Å². The monoisotopic (exact) mass is 568 g/mol. The maximum Gasteiger partial charge on any atom is 0.259 e. The third-order valence-electron chi connectivity index (χ3n) is 8.49. The first-order valence-electron chi connectivity index (χ1n) is 14.9. The van der Waals surface area contributed by atoms with Gasteiger partial charge in [0.1, 0.15) is 11.6 Å². The molecule has 0 radical (unpaired) electrons. The van der Waals surface area contributed by atoms with Crippen molar-refractivity contribution < 1.29 is 9.18 Å². The SMILES string of the molecule is CC1(C)CCCN(c2ccc(Nc3cc(-c4ccc(NC(=O)C5CCCCC5)cc4F)nc4cc[nH]c(=O)c34)nc2)C1. The van der Waals surface area contributed by atoms with E-state index in [0.717, 1.165) is 57.3 Å². The Hall–Kier alpha value is -4.27. The van der Waals surface area contributed by atoms with Crippen LogP contribution in [-0.2, 0) is 4.79 Å². The van der Waals surface area contributed by atoms with Crippen molar-refractivity contribution in [3.05, 3.63) is 71.0 Å². The van der Waals surface area contributed by atoms with Crippen LogP contribution < -0.4 is 21.1 Å². The first-order chi connectivity index (χ1) is 20.3. The number of benzene rings is 1. The first kappa shape index (κ1) is 27.9. The van der Waals surface area contributed by atoms with Crippen LogP contribution in [-0.4, -0.2) is 33.9 Å². The second-order valence-corrected chi connectivity index (χ2v) is 12.4. The van der Waals surface area contributed by atoms with Gasteiger partial charge in [-0.25, -0.2) is 14.4 Å². The van der Waals surface area contributed by atoms with Gasteiger partial charge < -0.3 is 20.5 Å². The third kappa shape index (κ3) is 6.00. The lowest BCUT2D eigenvalue weighted by molar-refractivity contribution is -0.120. The van der Waals surface area contributed by atoms with E-state index < -0.39 is 5.82 Å². The van der Waals surface area contributed by atoms with Crippen LogP contribution in [0, 0.1) is 17.2 Å². The summed E-state index contributed by atoms with van der Waals surface area (Å²) in [5.74, 6) is -0.0207. The highest BCUT2D eigenvalue weighted by Gasteiger charge is 2.27. The summed E-state index contributed by atoms with van der Waals surface area (Å²) in [6.45, 7) is 6.55. The Morgan fingerprint density at radius 2 is 1.90 bits per heavy atom. The number of fused-ring (bicyclic) bond motifs is 1. The summed E-state index contributed by atoms with van der Waals surface area (Å²) < 4.78 is 15.4. The average Bonchev–Trinajstić information content (AvgIpc) is 2.97. The summed E-state index contributed by atoms with van der Waals surface area (Å²) in [6, 6.07) is 11.9. The fourth-order valence-corrected chi connectivity index (χ4v) is 6.27. The molecule has 2 aliphatic rings. The molecule has 1 amide bonds. The molecule has 8 nitrogen and oxygen atoms in total. The van der Waals surface area contributed by atoms with E-state index in [9.17, 15) is 9.59 Å². The van der Waals surface area contributed by atoms with E-state index in [1.165, 1.54) is 18.7 Å². The largest absolute Gasteiger partial charge is 0.370 e. The van der Waals surface area contributed by atoms with E-state index in [-0.39, 0.29) is 28.4 Å². The molecular formula is C33H37FN6O2. The molecule has 3 N–H and O–H groups in total. The van der Waals surface area contributed by atoms with Gasteiger partial charge >= 0.3 is 0 Å². The Morgan fingerprint density at radius 1 is 1.07 bits per heavy atom. The van der Waals surface area contributed by atoms with Gasteiger partial charge in [-0.1, -0.05) is 33.1 Å². The van der Waals surface area contributed by atoms with Crippen molar-refractivity contribution in [2.45, 2.75) is 58.8 Å². The Balaban J connectivity index is 1.27. The van der Waals surface area contributed by atoms with Crippen molar-refractivity contribution in [2.24, 2.45) is 11.3 Å². The number of pyridine rings is 3. The van der Waals surface area contributed by atoms with Gasteiger partial charge in [-0.15, -0.1) is 0 Å². The highest BCUT2D eigenvalue weighted by Crippen LogP contribution is 2.34.